The minimum absolute atomic E-state index is 0.626. The molecule has 0 spiro atoms. The Labute approximate surface area is 355 Å². The van der Waals surface area contributed by atoms with Crippen LogP contribution in [-0.2, 0) is 0 Å². The Balaban J connectivity index is 1.01. The molecule has 0 aliphatic heterocycles. The van der Waals surface area contributed by atoms with E-state index < -0.39 is 0 Å². The van der Waals surface area contributed by atoms with Crippen LogP contribution >= 0.6 is 0 Å². The maximum Gasteiger partial charge on any atom is 0.164 e. The monoisotopic (exact) mass is 787 g/mol. The van der Waals surface area contributed by atoms with Crippen LogP contribution in [-0.4, -0.2) is 24.1 Å². The van der Waals surface area contributed by atoms with Crippen LogP contribution in [0.4, 0.5) is 0 Å². The fourth-order valence-corrected chi connectivity index (χ4v) is 10.3. The molecule has 0 saturated carbocycles. The van der Waals surface area contributed by atoms with Crippen LogP contribution in [0, 0.1) is 0 Å². The van der Waals surface area contributed by atoms with Crippen molar-refractivity contribution in [1.82, 2.24) is 24.1 Å². The van der Waals surface area contributed by atoms with Crippen molar-refractivity contribution < 1.29 is 0 Å². The molecule has 0 unspecified atom stereocenters. The van der Waals surface area contributed by atoms with Crippen molar-refractivity contribution in [3.05, 3.63) is 200 Å². The van der Waals surface area contributed by atoms with E-state index in [0.717, 1.165) is 38.8 Å². The highest BCUT2D eigenvalue weighted by Crippen LogP contribution is 2.51. The van der Waals surface area contributed by atoms with Gasteiger partial charge in [-0.15, -0.1) is 0 Å². The maximum absolute atomic E-state index is 5.23. The van der Waals surface area contributed by atoms with E-state index in [0.29, 0.717) is 17.5 Å². The van der Waals surface area contributed by atoms with Crippen LogP contribution in [0.3, 0.4) is 0 Å². The number of para-hydroxylation sites is 1. The van der Waals surface area contributed by atoms with E-state index in [1.54, 1.807) is 0 Å². The highest BCUT2D eigenvalue weighted by Gasteiger charge is 2.27. The molecule has 14 rings (SSSR count). The van der Waals surface area contributed by atoms with Crippen LogP contribution in [0.5, 0.6) is 0 Å². The second kappa shape index (κ2) is 12.6. The van der Waals surface area contributed by atoms with E-state index in [-0.39, 0.29) is 0 Å². The smallest absolute Gasteiger partial charge is 0.164 e. The van der Waals surface area contributed by atoms with Gasteiger partial charge in [-0.3, -0.25) is 0 Å². The van der Waals surface area contributed by atoms with E-state index >= 15 is 0 Å². The normalized spacial score (nSPS) is 12.2. The third kappa shape index (κ3) is 4.70. The van der Waals surface area contributed by atoms with Crippen molar-refractivity contribution >= 4 is 75.9 Å². The Kier molecular flexibility index (Phi) is 6.77. The van der Waals surface area contributed by atoms with Gasteiger partial charge in [-0.05, 0) is 98.7 Å². The summed E-state index contributed by atoms with van der Waals surface area (Å²) in [5, 5.41) is 12.4. The van der Waals surface area contributed by atoms with Gasteiger partial charge >= 0.3 is 0 Å². The third-order valence-corrected chi connectivity index (χ3v) is 13.0. The molecular formula is C57H33N5. The summed E-state index contributed by atoms with van der Waals surface area (Å²) in [7, 11) is 0. The largest absolute Gasteiger partial charge is 0.309 e. The van der Waals surface area contributed by atoms with Crippen LogP contribution in [0.15, 0.2) is 200 Å². The zero-order valence-corrected chi connectivity index (χ0v) is 33.3. The Bertz CT molecular complexity index is 3950. The molecule has 0 bridgehead atoms. The molecule has 3 heterocycles. The van der Waals surface area contributed by atoms with Gasteiger partial charge in [0.25, 0.3) is 0 Å². The zero-order valence-electron chi connectivity index (χ0n) is 33.3. The first-order valence-corrected chi connectivity index (χ1v) is 21.1. The summed E-state index contributed by atoms with van der Waals surface area (Å²) in [6.45, 7) is 0. The summed E-state index contributed by atoms with van der Waals surface area (Å²) in [4.78, 5) is 15.6. The highest BCUT2D eigenvalue weighted by atomic mass is 15.0. The molecule has 0 amide bonds. The van der Waals surface area contributed by atoms with Crippen molar-refractivity contribution in [1.29, 1.82) is 0 Å². The molecular weight excluding hydrogens is 755 g/mol. The van der Waals surface area contributed by atoms with Crippen molar-refractivity contribution in [3.8, 4) is 56.7 Å². The predicted octanol–water partition coefficient (Wildman–Crippen LogP) is 14.5. The lowest BCUT2D eigenvalue weighted by Crippen LogP contribution is -2.01. The molecule has 5 heteroatoms. The summed E-state index contributed by atoms with van der Waals surface area (Å²) < 4.78 is 4.87. The Morgan fingerprint density at radius 2 is 0.694 bits per heavy atom. The summed E-state index contributed by atoms with van der Waals surface area (Å²) in [6, 6.07) is 72.0. The molecule has 0 fully saturated rings. The van der Waals surface area contributed by atoms with Gasteiger partial charge in [-0.25, -0.2) is 15.0 Å². The molecule has 10 aromatic carbocycles. The molecule has 0 atom stereocenters. The number of hydrogen-bond acceptors (Lipinski definition) is 3. The standard InChI is InChI=1S/C57H33N5/c1-2-16-42(17-3-1)61-46-21-9-19-44-45-20-10-22-47-52(45)54-49(30-28-36-27-29-48(61)53(50(36)54)51(44)46)62(47)43-18-8-15-39(33-43)55-58-56(40-25-23-34-11-4-6-13-37(34)31-40)60-57(59-55)41-26-24-35-12-5-7-14-38(35)32-41/h1-33H. The molecule has 62 heavy (non-hydrogen) atoms. The highest BCUT2D eigenvalue weighted by molar-refractivity contribution is 6.38. The van der Waals surface area contributed by atoms with Crippen LogP contribution in [0.25, 0.3) is 133 Å². The fraction of sp³-hybridized carbons (Fsp3) is 0. The number of benzene rings is 10. The summed E-state index contributed by atoms with van der Waals surface area (Å²) in [6.07, 6.45) is 0. The van der Waals surface area contributed by atoms with E-state index in [2.05, 4.69) is 209 Å². The topological polar surface area (TPSA) is 48.5 Å². The number of hydrogen-bond donors (Lipinski definition) is 0. The van der Waals surface area contributed by atoms with E-state index in [9.17, 15) is 0 Å². The summed E-state index contributed by atoms with van der Waals surface area (Å²) >= 11 is 0. The number of nitrogens with zero attached hydrogens (tertiary/aromatic N) is 5. The minimum atomic E-state index is 0.626. The third-order valence-electron chi connectivity index (χ3n) is 13.0. The lowest BCUT2D eigenvalue weighted by atomic mass is 9.98. The summed E-state index contributed by atoms with van der Waals surface area (Å²) in [5.41, 5.74) is 12.3. The van der Waals surface area contributed by atoms with E-state index in [1.165, 1.54) is 76.3 Å². The van der Waals surface area contributed by atoms with Crippen LogP contribution < -0.4 is 0 Å². The Morgan fingerprint density at radius 3 is 1.26 bits per heavy atom. The molecule has 1 aliphatic carbocycles. The van der Waals surface area contributed by atoms with Gasteiger partial charge in [0.2, 0.25) is 0 Å². The fourth-order valence-electron chi connectivity index (χ4n) is 10.3. The molecule has 13 aromatic rings. The summed E-state index contributed by atoms with van der Waals surface area (Å²) in [5.74, 6) is 1.91. The molecule has 0 N–H and O–H groups in total. The van der Waals surface area contributed by atoms with Crippen molar-refractivity contribution in [3.63, 3.8) is 0 Å². The first-order valence-electron chi connectivity index (χ1n) is 21.1. The molecule has 3 aromatic heterocycles. The van der Waals surface area contributed by atoms with Crippen LogP contribution in [0.1, 0.15) is 0 Å². The van der Waals surface area contributed by atoms with Gasteiger partial charge in [0.15, 0.2) is 17.5 Å². The molecule has 0 saturated heterocycles. The van der Waals surface area contributed by atoms with Gasteiger partial charge in [0.05, 0.1) is 22.1 Å². The van der Waals surface area contributed by atoms with Crippen molar-refractivity contribution in [2.45, 2.75) is 0 Å². The van der Waals surface area contributed by atoms with Crippen molar-refractivity contribution in [2.75, 3.05) is 0 Å². The SMILES string of the molecule is c1ccc(-n2c3cccc4c3c3c5c(ccc32)ccc2c5c3c-4cccc3n2-c2cccc(-c3nc(-c4ccc5ccccc5c4)nc(-c4ccc5ccccc5c4)n3)c2)cc1. The average Bonchev–Trinajstić information content (AvgIpc) is 3.83. The van der Waals surface area contributed by atoms with Crippen molar-refractivity contribution in [2.24, 2.45) is 0 Å². The molecule has 286 valence electrons. The number of rotatable bonds is 5. The van der Waals surface area contributed by atoms with Crippen LogP contribution in [0.2, 0.25) is 0 Å². The maximum atomic E-state index is 5.23. The molecule has 5 nitrogen and oxygen atoms in total. The predicted molar refractivity (Wildman–Crippen MR) is 256 cm³/mol. The zero-order chi connectivity index (χ0) is 40.5. The second-order valence-corrected chi connectivity index (χ2v) is 16.4. The van der Waals surface area contributed by atoms with E-state index in [1.807, 2.05) is 0 Å². The minimum Gasteiger partial charge on any atom is -0.309 e. The lowest BCUT2D eigenvalue weighted by molar-refractivity contribution is 1.07. The number of aromatic nitrogens is 5. The first-order chi connectivity index (χ1) is 30.7. The average molecular weight is 788 g/mol. The quantitative estimate of drug-likeness (QED) is 0.175. The number of fused-ring (bicyclic) bond motifs is 3. The van der Waals surface area contributed by atoms with Gasteiger partial charge in [-0.1, -0.05) is 140 Å². The van der Waals surface area contributed by atoms with Gasteiger partial charge in [0.1, 0.15) is 0 Å². The molecule has 0 radical (unpaired) electrons. The van der Waals surface area contributed by atoms with E-state index in [4.69, 9.17) is 15.0 Å². The Morgan fingerprint density at radius 1 is 0.258 bits per heavy atom. The van der Waals surface area contributed by atoms with Gasteiger partial charge < -0.3 is 9.13 Å². The first kappa shape index (κ1) is 33.4. The second-order valence-electron chi connectivity index (χ2n) is 16.4. The molecule has 1 aliphatic rings. The van der Waals surface area contributed by atoms with Gasteiger partial charge in [0, 0.05) is 55.0 Å². The lowest BCUT2D eigenvalue weighted by Gasteiger charge is -2.13. The van der Waals surface area contributed by atoms with Gasteiger partial charge in [-0.2, -0.15) is 0 Å². The Hall–Kier alpha value is -8.41.